The van der Waals surface area contributed by atoms with Gasteiger partial charge in [-0.05, 0) is 50.6 Å². The number of rotatable bonds is 6. The van der Waals surface area contributed by atoms with Crippen LogP contribution < -0.4 is 10.6 Å². The van der Waals surface area contributed by atoms with E-state index < -0.39 is 17.5 Å². The van der Waals surface area contributed by atoms with Gasteiger partial charge in [0.1, 0.15) is 17.9 Å². The number of likely N-dealkylation sites (N-methyl/N-ethyl adjacent to an activating group) is 1. The Hall–Kier alpha value is -2.48. The van der Waals surface area contributed by atoms with Crippen LogP contribution in [0.25, 0.3) is 0 Å². The van der Waals surface area contributed by atoms with Gasteiger partial charge in [0.25, 0.3) is 5.91 Å². The molecule has 29 heavy (non-hydrogen) atoms. The minimum Gasteiger partial charge on any atom is -0.353 e. The van der Waals surface area contributed by atoms with E-state index in [0.717, 1.165) is 29.7 Å². The van der Waals surface area contributed by atoms with Crippen molar-refractivity contribution >= 4 is 17.8 Å². The number of imide groups is 1. The van der Waals surface area contributed by atoms with Gasteiger partial charge in [-0.1, -0.05) is 31.9 Å². The summed E-state index contributed by atoms with van der Waals surface area (Å²) in [4.78, 5) is 40.8. The summed E-state index contributed by atoms with van der Waals surface area (Å²) < 4.78 is 13.6. The molecule has 0 radical (unpaired) electrons. The standard InChI is InChI=1S/C21H29FN4O3/c1-14-7-4-5-10-21(14)19(28)26(20(29)24-21)13-18(27)23-12-17(25(2)3)15-8-6-9-16(22)11-15/h6,8-9,11,14,17H,4-5,7,10,12-13H2,1-3H3,(H,23,27)(H,24,29). The van der Waals surface area contributed by atoms with Crippen LogP contribution >= 0.6 is 0 Å². The maximum absolute atomic E-state index is 13.6. The van der Waals surface area contributed by atoms with Gasteiger partial charge in [-0.3, -0.25) is 14.5 Å². The molecule has 3 rings (SSSR count). The second-order valence-corrected chi connectivity index (χ2v) is 8.28. The Bertz CT molecular complexity index is 800. The van der Waals surface area contributed by atoms with Gasteiger partial charge in [0.2, 0.25) is 5.91 Å². The van der Waals surface area contributed by atoms with Crippen LogP contribution in [0.2, 0.25) is 0 Å². The van der Waals surface area contributed by atoms with Crippen molar-refractivity contribution in [2.75, 3.05) is 27.2 Å². The summed E-state index contributed by atoms with van der Waals surface area (Å²) in [6.45, 7) is 1.89. The molecule has 1 saturated heterocycles. The number of hydrogen-bond acceptors (Lipinski definition) is 4. The van der Waals surface area contributed by atoms with E-state index in [1.54, 1.807) is 12.1 Å². The molecule has 2 aliphatic rings. The summed E-state index contributed by atoms with van der Waals surface area (Å²) in [6.07, 6.45) is 3.41. The zero-order chi connectivity index (χ0) is 21.2. The van der Waals surface area contributed by atoms with E-state index in [4.69, 9.17) is 0 Å². The van der Waals surface area contributed by atoms with Crippen molar-refractivity contribution in [2.24, 2.45) is 5.92 Å². The van der Waals surface area contributed by atoms with Crippen LogP contribution in [0.4, 0.5) is 9.18 Å². The lowest BCUT2D eigenvalue weighted by Crippen LogP contribution is -2.54. The third-order valence-corrected chi connectivity index (χ3v) is 6.15. The van der Waals surface area contributed by atoms with Crippen LogP contribution in [0.1, 0.15) is 44.2 Å². The average Bonchev–Trinajstić information content (AvgIpc) is 2.89. The van der Waals surface area contributed by atoms with Crippen molar-refractivity contribution < 1.29 is 18.8 Å². The van der Waals surface area contributed by atoms with Crippen molar-refractivity contribution in [3.8, 4) is 0 Å². The number of benzene rings is 1. The Morgan fingerprint density at radius 1 is 1.38 bits per heavy atom. The Balaban J connectivity index is 1.63. The molecule has 3 atom stereocenters. The monoisotopic (exact) mass is 404 g/mol. The fourth-order valence-corrected chi connectivity index (χ4v) is 4.36. The number of hydrogen-bond donors (Lipinski definition) is 2. The normalized spacial score (nSPS) is 25.4. The predicted molar refractivity (Wildman–Crippen MR) is 106 cm³/mol. The summed E-state index contributed by atoms with van der Waals surface area (Å²) >= 11 is 0. The van der Waals surface area contributed by atoms with Crippen molar-refractivity contribution in [3.63, 3.8) is 0 Å². The minimum absolute atomic E-state index is 0.0480. The summed E-state index contributed by atoms with van der Waals surface area (Å²) in [5.74, 6) is -1.02. The minimum atomic E-state index is -0.872. The molecule has 8 heteroatoms. The molecule has 0 bridgehead atoms. The van der Waals surface area contributed by atoms with Crippen LogP contribution in [-0.4, -0.2) is 60.4 Å². The molecule has 0 aromatic heterocycles. The van der Waals surface area contributed by atoms with Crippen LogP contribution in [0.15, 0.2) is 24.3 Å². The number of amides is 4. The molecule has 4 amide bonds. The SMILES string of the molecule is CC1CCCCC12NC(=O)N(CC(=O)NCC(c1cccc(F)c1)N(C)C)C2=O. The van der Waals surface area contributed by atoms with E-state index in [1.165, 1.54) is 12.1 Å². The first kappa shape index (κ1) is 21.2. The molecule has 1 heterocycles. The molecule has 3 unspecified atom stereocenters. The van der Waals surface area contributed by atoms with Crippen molar-refractivity contribution in [1.82, 2.24) is 20.4 Å². The fourth-order valence-electron chi connectivity index (χ4n) is 4.36. The molecule has 1 aromatic rings. The highest BCUT2D eigenvalue weighted by Gasteiger charge is 2.55. The van der Waals surface area contributed by atoms with Gasteiger partial charge in [-0.2, -0.15) is 0 Å². The van der Waals surface area contributed by atoms with E-state index in [0.29, 0.717) is 6.42 Å². The smallest absolute Gasteiger partial charge is 0.325 e. The van der Waals surface area contributed by atoms with Crippen LogP contribution in [-0.2, 0) is 9.59 Å². The fraction of sp³-hybridized carbons (Fsp3) is 0.571. The molecule has 7 nitrogen and oxygen atoms in total. The Labute approximate surface area is 170 Å². The number of carbonyl (C=O) groups excluding carboxylic acids is 3. The van der Waals surface area contributed by atoms with E-state index >= 15 is 0 Å². The maximum atomic E-state index is 13.6. The summed E-state index contributed by atoms with van der Waals surface area (Å²) in [6, 6.07) is 5.49. The first-order valence-electron chi connectivity index (χ1n) is 10.1. The molecule has 1 aromatic carbocycles. The molecule has 2 fully saturated rings. The van der Waals surface area contributed by atoms with E-state index in [1.807, 2.05) is 25.9 Å². The Morgan fingerprint density at radius 2 is 2.14 bits per heavy atom. The quantitative estimate of drug-likeness (QED) is 0.711. The zero-order valence-electron chi connectivity index (χ0n) is 17.2. The lowest BCUT2D eigenvalue weighted by Gasteiger charge is -2.36. The topological polar surface area (TPSA) is 81.8 Å². The molecule has 158 valence electrons. The summed E-state index contributed by atoms with van der Waals surface area (Å²) in [5, 5.41) is 5.62. The van der Waals surface area contributed by atoms with Gasteiger partial charge in [0, 0.05) is 6.54 Å². The van der Waals surface area contributed by atoms with Gasteiger partial charge < -0.3 is 15.5 Å². The van der Waals surface area contributed by atoms with Crippen molar-refractivity contribution in [2.45, 2.75) is 44.2 Å². The summed E-state index contributed by atoms with van der Waals surface area (Å²) in [7, 11) is 3.68. The number of urea groups is 1. The Kier molecular flexibility index (Phi) is 6.21. The van der Waals surface area contributed by atoms with Crippen molar-refractivity contribution in [3.05, 3.63) is 35.6 Å². The molecule has 1 aliphatic carbocycles. The van der Waals surface area contributed by atoms with Gasteiger partial charge >= 0.3 is 6.03 Å². The van der Waals surface area contributed by atoms with E-state index in [-0.39, 0.29) is 36.8 Å². The van der Waals surface area contributed by atoms with Gasteiger partial charge in [0.15, 0.2) is 0 Å². The van der Waals surface area contributed by atoms with E-state index in [2.05, 4.69) is 10.6 Å². The zero-order valence-corrected chi connectivity index (χ0v) is 17.2. The highest BCUT2D eigenvalue weighted by molar-refractivity contribution is 6.09. The largest absolute Gasteiger partial charge is 0.353 e. The molecular formula is C21H29FN4O3. The van der Waals surface area contributed by atoms with Crippen molar-refractivity contribution in [1.29, 1.82) is 0 Å². The van der Waals surface area contributed by atoms with Crippen LogP contribution in [0.3, 0.4) is 0 Å². The van der Waals surface area contributed by atoms with Crippen LogP contribution in [0.5, 0.6) is 0 Å². The Morgan fingerprint density at radius 3 is 2.79 bits per heavy atom. The summed E-state index contributed by atoms with van der Waals surface area (Å²) in [5.41, 5.74) is -0.135. The third kappa shape index (κ3) is 4.27. The number of halogens is 1. The van der Waals surface area contributed by atoms with E-state index in [9.17, 15) is 18.8 Å². The maximum Gasteiger partial charge on any atom is 0.325 e. The highest BCUT2D eigenvalue weighted by Crippen LogP contribution is 2.38. The second-order valence-electron chi connectivity index (χ2n) is 8.28. The predicted octanol–water partition coefficient (Wildman–Crippen LogP) is 2.05. The first-order valence-corrected chi connectivity index (χ1v) is 10.1. The number of nitrogens with zero attached hydrogens (tertiary/aromatic N) is 2. The third-order valence-electron chi connectivity index (χ3n) is 6.15. The molecule has 2 N–H and O–H groups in total. The number of nitrogens with one attached hydrogen (secondary N) is 2. The highest BCUT2D eigenvalue weighted by atomic mass is 19.1. The second kappa shape index (κ2) is 8.49. The first-order chi connectivity index (χ1) is 13.7. The molecule has 1 spiro atoms. The van der Waals surface area contributed by atoms with Gasteiger partial charge in [-0.25, -0.2) is 9.18 Å². The lowest BCUT2D eigenvalue weighted by molar-refractivity contribution is -0.137. The van der Waals surface area contributed by atoms with Gasteiger partial charge in [0.05, 0.1) is 6.04 Å². The lowest BCUT2D eigenvalue weighted by atomic mass is 9.73. The number of carbonyl (C=O) groups is 3. The average molecular weight is 404 g/mol. The van der Waals surface area contributed by atoms with Crippen LogP contribution in [0, 0.1) is 11.7 Å². The molecule has 1 aliphatic heterocycles. The molecular weight excluding hydrogens is 375 g/mol. The molecule has 1 saturated carbocycles. The van der Waals surface area contributed by atoms with Gasteiger partial charge in [-0.15, -0.1) is 0 Å².